The van der Waals surface area contributed by atoms with E-state index in [0.29, 0.717) is 12.8 Å². The Morgan fingerprint density at radius 1 is 0.960 bits per heavy atom. The molecule has 3 aliphatic carbocycles. The second-order valence-electron chi connectivity index (χ2n) is 5.93. The van der Waals surface area contributed by atoms with Crippen molar-refractivity contribution in [3.8, 4) is 0 Å². The largest absolute Gasteiger partial charge is 0.466 e. The van der Waals surface area contributed by atoms with Gasteiger partial charge in [-0.1, -0.05) is 24.3 Å². The van der Waals surface area contributed by atoms with Crippen LogP contribution in [0.5, 0.6) is 0 Å². The Bertz CT molecular complexity index is 879. The second kappa shape index (κ2) is 6.48. The number of methoxy groups -OCH3 is 2. The standard InChI is InChI=1S/C18H18O6S/c1-23-17(19)15-11-8-9-13(16(15)18(20)24-2)14(10-11)25(21,22)12-6-4-3-5-7-12/h3-7,10-11,13H,8-9H2,1-2H3. The molecule has 0 heterocycles. The summed E-state index contributed by atoms with van der Waals surface area (Å²) in [6, 6.07) is 8.05. The van der Waals surface area contributed by atoms with Crippen molar-refractivity contribution in [3.05, 3.63) is 52.5 Å². The van der Waals surface area contributed by atoms with Gasteiger partial charge in [-0.25, -0.2) is 18.0 Å². The average Bonchev–Trinajstić information content (AvgIpc) is 2.66. The molecule has 0 aliphatic heterocycles. The van der Waals surface area contributed by atoms with Gasteiger partial charge in [-0.2, -0.15) is 0 Å². The molecule has 1 aromatic carbocycles. The molecular weight excluding hydrogens is 344 g/mol. The molecule has 3 aliphatic rings. The van der Waals surface area contributed by atoms with E-state index in [-0.39, 0.29) is 20.9 Å². The SMILES string of the molecule is COC(=O)C1=C(C(=O)OC)C2CCC1C=C2S(=O)(=O)c1ccccc1. The number of ether oxygens (including phenoxy) is 2. The van der Waals surface area contributed by atoms with Gasteiger partial charge in [-0.05, 0) is 25.0 Å². The Balaban J connectivity index is 2.13. The molecular formula is C18H18O6S. The summed E-state index contributed by atoms with van der Waals surface area (Å²) in [5, 5.41) is 0. The topological polar surface area (TPSA) is 86.7 Å². The summed E-state index contributed by atoms with van der Waals surface area (Å²) >= 11 is 0. The van der Waals surface area contributed by atoms with Crippen LogP contribution in [0, 0.1) is 11.8 Å². The van der Waals surface area contributed by atoms with Crippen molar-refractivity contribution >= 4 is 21.8 Å². The van der Waals surface area contributed by atoms with Crippen LogP contribution in [0.3, 0.4) is 0 Å². The molecule has 25 heavy (non-hydrogen) atoms. The second-order valence-corrected chi connectivity index (χ2v) is 7.88. The van der Waals surface area contributed by atoms with Gasteiger partial charge >= 0.3 is 11.9 Å². The van der Waals surface area contributed by atoms with Crippen LogP contribution in [0.1, 0.15) is 12.8 Å². The molecule has 0 saturated carbocycles. The number of rotatable bonds is 4. The van der Waals surface area contributed by atoms with E-state index < -0.39 is 33.6 Å². The Labute approximate surface area is 146 Å². The van der Waals surface area contributed by atoms with Gasteiger partial charge in [0.15, 0.2) is 0 Å². The van der Waals surface area contributed by atoms with Crippen LogP contribution in [-0.4, -0.2) is 34.6 Å². The molecule has 0 N–H and O–H groups in total. The van der Waals surface area contributed by atoms with E-state index in [2.05, 4.69) is 0 Å². The Morgan fingerprint density at radius 2 is 1.56 bits per heavy atom. The molecule has 0 saturated heterocycles. The first-order valence-electron chi connectivity index (χ1n) is 7.84. The lowest BCUT2D eigenvalue weighted by Crippen LogP contribution is -2.36. The molecule has 0 spiro atoms. The van der Waals surface area contributed by atoms with Gasteiger partial charge in [-0.15, -0.1) is 0 Å². The number of esters is 2. The molecule has 2 unspecified atom stereocenters. The van der Waals surface area contributed by atoms with Gasteiger partial charge in [0, 0.05) is 11.8 Å². The zero-order valence-electron chi connectivity index (χ0n) is 13.9. The lowest BCUT2D eigenvalue weighted by molar-refractivity contribution is -0.140. The first-order valence-corrected chi connectivity index (χ1v) is 9.32. The highest BCUT2D eigenvalue weighted by Crippen LogP contribution is 2.48. The molecule has 4 rings (SSSR count). The van der Waals surface area contributed by atoms with Crippen molar-refractivity contribution in [1.82, 2.24) is 0 Å². The van der Waals surface area contributed by atoms with Gasteiger partial charge in [0.1, 0.15) is 0 Å². The number of hydrogen-bond acceptors (Lipinski definition) is 6. The third kappa shape index (κ3) is 2.78. The van der Waals surface area contributed by atoms with Crippen molar-refractivity contribution in [1.29, 1.82) is 0 Å². The molecule has 7 heteroatoms. The van der Waals surface area contributed by atoms with E-state index in [1.807, 2.05) is 0 Å². The van der Waals surface area contributed by atoms with E-state index in [9.17, 15) is 18.0 Å². The van der Waals surface area contributed by atoms with E-state index >= 15 is 0 Å². The maximum absolute atomic E-state index is 13.0. The molecule has 0 fully saturated rings. The van der Waals surface area contributed by atoms with Crippen molar-refractivity contribution in [2.24, 2.45) is 11.8 Å². The van der Waals surface area contributed by atoms with Crippen LogP contribution in [0.2, 0.25) is 0 Å². The summed E-state index contributed by atoms with van der Waals surface area (Å²) in [5.74, 6) is -2.48. The van der Waals surface area contributed by atoms with E-state index in [4.69, 9.17) is 9.47 Å². The van der Waals surface area contributed by atoms with Crippen LogP contribution in [0.15, 0.2) is 57.4 Å². The first kappa shape index (κ1) is 17.4. The van der Waals surface area contributed by atoms with Crippen LogP contribution >= 0.6 is 0 Å². The number of sulfone groups is 1. The molecule has 0 amide bonds. The minimum Gasteiger partial charge on any atom is -0.466 e. The molecule has 0 aromatic heterocycles. The van der Waals surface area contributed by atoms with E-state index in [1.54, 1.807) is 24.3 Å². The molecule has 2 bridgehead atoms. The van der Waals surface area contributed by atoms with Crippen LogP contribution < -0.4 is 0 Å². The van der Waals surface area contributed by atoms with E-state index in [1.165, 1.54) is 26.4 Å². The van der Waals surface area contributed by atoms with Gasteiger partial charge in [-0.3, -0.25) is 0 Å². The van der Waals surface area contributed by atoms with Crippen molar-refractivity contribution in [2.75, 3.05) is 14.2 Å². The van der Waals surface area contributed by atoms with Gasteiger partial charge in [0.05, 0.1) is 35.2 Å². The normalized spacial score (nSPS) is 22.4. The number of fused-ring (bicyclic) bond motifs is 1. The summed E-state index contributed by atoms with van der Waals surface area (Å²) in [6.45, 7) is 0. The zero-order chi connectivity index (χ0) is 18.2. The highest BCUT2D eigenvalue weighted by atomic mass is 32.2. The quantitative estimate of drug-likeness (QED) is 0.762. The third-order valence-corrected chi connectivity index (χ3v) is 6.59. The summed E-state index contributed by atoms with van der Waals surface area (Å²) in [5.41, 5.74) is 0.306. The maximum atomic E-state index is 13.0. The van der Waals surface area contributed by atoms with Crippen LogP contribution in [0.25, 0.3) is 0 Å². The number of allylic oxidation sites excluding steroid dienone is 2. The fourth-order valence-corrected chi connectivity index (χ4v) is 5.28. The first-order chi connectivity index (χ1) is 11.9. The number of carbonyl (C=O) groups excluding carboxylic acids is 2. The fourth-order valence-electron chi connectivity index (χ4n) is 3.53. The minimum absolute atomic E-state index is 0.0996. The molecule has 1 aromatic rings. The summed E-state index contributed by atoms with van der Waals surface area (Å²) in [6.07, 6.45) is 2.63. The fraction of sp³-hybridized carbons (Fsp3) is 0.333. The van der Waals surface area contributed by atoms with Gasteiger partial charge < -0.3 is 9.47 Å². The number of benzene rings is 1. The Morgan fingerprint density at radius 3 is 2.16 bits per heavy atom. The Kier molecular flexibility index (Phi) is 4.51. The smallest absolute Gasteiger partial charge is 0.334 e. The van der Waals surface area contributed by atoms with E-state index in [0.717, 1.165) is 0 Å². The van der Waals surface area contributed by atoms with Gasteiger partial charge in [0.25, 0.3) is 0 Å². The Hall–Kier alpha value is -2.41. The lowest BCUT2D eigenvalue weighted by atomic mass is 9.71. The van der Waals surface area contributed by atoms with Gasteiger partial charge in [0.2, 0.25) is 9.84 Å². The summed E-state index contributed by atoms with van der Waals surface area (Å²) < 4.78 is 35.6. The highest BCUT2D eigenvalue weighted by molar-refractivity contribution is 7.95. The van der Waals surface area contributed by atoms with Crippen LogP contribution in [-0.2, 0) is 28.9 Å². The van der Waals surface area contributed by atoms with Crippen molar-refractivity contribution in [3.63, 3.8) is 0 Å². The predicted molar refractivity (Wildman–Crippen MR) is 89.0 cm³/mol. The zero-order valence-corrected chi connectivity index (χ0v) is 14.7. The summed E-state index contributed by atoms with van der Waals surface area (Å²) in [7, 11) is -1.31. The number of hydrogen-bond donors (Lipinski definition) is 0. The average molecular weight is 362 g/mol. The van der Waals surface area contributed by atoms with Crippen molar-refractivity contribution < 1.29 is 27.5 Å². The molecule has 132 valence electrons. The molecule has 0 radical (unpaired) electrons. The summed E-state index contributed by atoms with van der Waals surface area (Å²) in [4.78, 5) is 24.8. The number of carbonyl (C=O) groups is 2. The monoisotopic (exact) mass is 362 g/mol. The predicted octanol–water partition coefficient (Wildman–Crippen LogP) is 2.03. The minimum atomic E-state index is -3.76. The van der Waals surface area contributed by atoms with Crippen molar-refractivity contribution in [2.45, 2.75) is 17.7 Å². The maximum Gasteiger partial charge on any atom is 0.334 e. The molecule has 6 nitrogen and oxygen atoms in total. The lowest BCUT2D eigenvalue weighted by Gasteiger charge is -2.37. The highest BCUT2D eigenvalue weighted by Gasteiger charge is 2.46. The van der Waals surface area contributed by atoms with Crippen LogP contribution in [0.4, 0.5) is 0 Å². The molecule has 2 atom stereocenters. The third-order valence-electron chi connectivity index (χ3n) is 4.66.